The molecule has 0 bridgehead atoms. The Bertz CT molecular complexity index is 1170. The van der Waals surface area contributed by atoms with Crippen LogP contribution in [0.15, 0.2) is 47.2 Å². The van der Waals surface area contributed by atoms with Gasteiger partial charge in [0.2, 0.25) is 0 Å². The average Bonchev–Trinajstić information content (AvgIpc) is 3.32. The van der Waals surface area contributed by atoms with Crippen LogP contribution in [-0.4, -0.2) is 33.8 Å². The lowest BCUT2D eigenvalue weighted by Gasteiger charge is -2.27. The van der Waals surface area contributed by atoms with Crippen molar-refractivity contribution in [3.63, 3.8) is 0 Å². The van der Waals surface area contributed by atoms with Gasteiger partial charge < -0.3 is 5.73 Å². The van der Waals surface area contributed by atoms with Crippen LogP contribution in [0.4, 0.5) is 17.6 Å². The van der Waals surface area contributed by atoms with Crippen LogP contribution in [0.2, 0.25) is 0 Å². The minimum absolute atomic E-state index is 0.00691. The number of alkyl halides is 2. The van der Waals surface area contributed by atoms with Crippen LogP contribution in [0.1, 0.15) is 23.2 Å². The fraction of sp³-hybridized carbons (Fsp3) is 0.158. The van der Waals surface area contributed by atoms with Gasteiger partial charge in [0.05, 0.1) is 10.4 Å². The molecule has 1 atom stereocenters. The summed E-state index contributed by atoms with van der Waals surface area (Å²) in [5.74, 6) is -2.95. The van der Waals surface area contributed by atoms with Gasteiger partial charge in [-0.2, -0.15) is 0 Å². The van der Waals surface area contributed by atoms with Gasteiger partial charge >= 0.3 is 0 Å². The first-order valence-corrected chi connectivity index (χ1v) is 9.40. The fourth-order valence-corrected chi connectivity index (χ4v) is 3.96. The first-order valence-electron chi connectivity index (χ1n) is 8.52. The molecule has 1 unspecified atom stereocenters. The molecule has 4 rings (SSSR count). The van der Waals surface area contributed by atoms with Gasteiger partial charge in [-0.1, -0.05) is 0 Å². The van der Waals surface area contributed by atoms with E-state index in [4.69, 9.17) is 5.73 Å². The third-order valence-electron chi connectivity index (χ3n) is 4.81. The van der Waals surface area contributed by atoms with E-state index in [-0.39, 0.29) is 22.6 Å². The molecule has 0 fully saturated rings. The number of pyridine rings is 1. The number of thiazole rings is 1. The monoisotopic (exact) mass is 435 g/mol. The number of hydrogen-bond acceptors (Lipinski definition) is 6. The summed E-state index contributed by atoms with van der Waals surface area (Å²) in [5.41, 5.74) is 4.16. The molecule has 0 saturated carbocycles. The number of aromatic nitrogens is 2. The Labute approximate surface area is 171 Å². The van der Waals surface area contributed by atoms with Crippen molar-refractivity contribution in [2.24, 2.45) is 10.7 Å². The van der Waals surface area contributed by atoms with E-state index in [0.717, 1.165) is 34.6 Å². The van der Waals surface area contributed by atoms with Crippen molar-refractivity contribution in [3.05, 3.63) is 70.6 Å². The van der Waals surface area contributed by atoms with E-state index in [9.17, 15) is 18.0 Å². The summed E-state index contributed by atoms with van der Waals surface area (Å²) in [6, 6.07) is 4.00. The van der Waals surface area contributed by atoms with Gasteiger partial charge in [-0.3, -0.25) is 19.7 Å². The number of benzene rings is 1. The highest BCUT2D eigenvalue weighted by Gasteiger charge is 2.51. The maximum Gasteiger partial charge on any atom is 0.280 e. The maximum absolute atomic E-state index is 15.0. The standard InChI is InChI=1S/C19H13F4N5OS/c1-28-17(29)19(27-18(28)24,9-2-3-26-14(4-9)16(22)23)11-5-10(12(20)6-13(11)21)15-7-25-8-30-15/h2-8,16H,1H3,(H2,24,27). The molecule has 2 aromatic heterocycles. The lowest BCUT2D eigenvalue weighted by molar-refractivity contribution is -0.129. The Morgan fingerprint density at radius 3 is 2.57 bits per heavy atom. The highest BCUT2D eigenvalue weighted by Crippen LogP contribution is 2.43. The summed E-state index contributed by atoms with van der Waals surface area (Å²) in [4.78, 5) is 26.2. The lowest BCUT2D eigenvalue weighted by Crippen LogP contribution is -2.41. The third-order valence-corrected chi connectivity index (χ3v) is 5.61. The molecule has 1 aliphatic heterocycles. The van der Waals surface area contributed by atoms with Crippen molar-refractivity contribution >= 4 is 23.2 Å². The molecule has 30 heavy (non-hydrogen) atoms. The number of halogens is 4. The molecule has 11 heteroatoms. The predicted octanol–water partition coefficient (Wildman–Crippen LogP) is 3.45. The summed E-state index contributed by atoms with van der Waals surface area (Å²) in [6.07, 6.45) is -0.469. The summed E-state index contributed by atoms with van der Waals surface area (Å²) >= 11 is 1.11. The lowest BCUT2D eigenvalue weighted by atomic mass is 9.81. The van der Waals surface area contributed by atoms with Gasteiger partial charge in [0, 0.05) is 36.6 Å². The highest BCUT2D eigenvalue weighted by atomic mass is 32.1. The Morgan fingerprint density at radius 2 is 1.97 bits per heavy atom. The number of amides is 1. The summed E-state index contributed by atoms with van der Waals surface area (Å²) in [7, 11) is 1.32. The van der Waals surface area contributed by atoms with E-state index < -0.39 is 35.2 Å². The smallest absolute Gasteiger partial charge is 0.280 e. The zero-order valence-corrected chi connectivity index (χ0v) is 16.1. The molecule has 1 amide bonds. The van der Waals surface area contributed by atoms with Crippen molar-refractivity contribution in [3.8, 4) is 10.4 Å². The maximum atomic E-state index is 15.0. The average molecular weight is 435 g/mol. The van der Waals surface area contributed by atoms with Crippen molar-refractivity contribution in [1.29, 1.82) is 0 Å². The number of hydrogen-bond donors (Lipinski definition) is 1. The minimum atomic E-state index is -2.93. The molecule has 1 aromatic carbocycles. The normalized spacial score (nSPS) is 18.9. The van der Waals surface area contributed by atoms with Crippen LogP contribution in [0.3, 0.4) is 0 Å². The van der Waals surface area contributed by atoms with Gasteiger partial charge in [0.25, 0.3) is 12.3 Å². The van der Waals surface area contributed by atoms with Gasteiger partial charge in [0.15, 0.2) is 11.5 Å². The Kier molecular flexibility index (Phi) is 4.77. The van der Waals surface area contributed by atoms with Crippen molar-refractivity contribution in [2.75, 3.05) is 7.05 Å². The number of nitrogens with zero attached hydrogens (tertiary/aromatic N) is 4. The van der Waals surface area contributed by atoms with Crippen LogP contribution in [0.5, 0.6) is 0 Å². The minimum Gasteiger partial charge on any atom is -0.369 e. The SMILES string of the molecule is CN1C(=O)C(c2ccnc(C(F)F)c2)(c2cc(-c3cncs3)c(F)cc2F)N=C1N. The molecular weight excluding hydrogens is 422 g/mol. The molecule has 2 N–H and O–H groups in total. The van der Waals surface area contributed by atoms with Crippen molar-refractivity contribution < 1.29 is 22.4 Å². The fourth-order valence-electron chi connectivity index (χ4n) is 3.32. The van der Waals surface area contributed by atoms with Gasteiger partial charge in [-0.25, -0.2) is 22.6 Å². The van der Waals surface area contributed by atoms with Gasteiger partial charge in [-0.15, -0.1) is 11.3 Å². The van der Waals surface area contributed by atoms with E-state index in [1.807, 2.05) is 0 Å². The number of guanidine groups is 1. The number of carbonyl (C=O) groups is 1. The highest BCUT2D eigenvalue weighted by molar-refractivity contribution is 7.13. The second-order valence-electron chi connectivity index (χ2n) is 6.49. The third kappa shape index (κ3) is 2.93. The summed E-state index contributed by atoms with van der Waals surface area (Å²) in [6.45, 7) is 0. The van der Waals surface area contributed by atoms with Crippen molar-refractivity contribution in [2.45, 2.75) is 12.0 Å². The van der Waals surface area contributed by atoms with E-state index in [1.165, 1.54) is 24.8 Å². The Morgan fingerprint density at radius 1 is 1.20 bits per heavy atom. The molecule has 6 nitrogen and oxygen atoms in total. The number of nitrogens with two attached hydrogens (primary N) is 1. The summed E-state index contributed by atoms with van der Waals surface area (Å²) in [5, 5.41) is 0. The second kappa shape index (κ2) is 7.17. The molecule has 154 valence electrons. The molecule has 3 heterocycles. The predicted molar refractivity (Wildman–Crippen MR) is 102 cm³/mol. The largest absolute Gasteiger partial charge is 0.369 e. The van der Waals surface area contributed by atoms with E-state index in [2.05, 4.69) is 15.0 Å². The molecule has 0 radical (unpaired) electrons. The van der Waals surface area contributed by atoms with E-state index >= 15 is 4.39 Å². The molecule has 3 aromatic rings. The Hall–Kier alpha value is -3.34. The van der Waals surface area contributed by atoms with Crippen LogP contribution in [0.25, 0.3) is 10.4 Å². The second-order valence-corrected chi connectivity index (χ2v) is 7.38. The van der Waals surface area contributed by atoms with Crippen LogP contribution in [-0.2, 0) is 10.3 Å². The van der Waals surface area contributed by atoms with Gasteiger partial charge in [0.1, 0.15) is 17.3 Å². The number of carbonyl (C=O) groups excluding carboxylic acids is 1. The summed E-state index contributed by atoms with van der Waals surface area (Å²) < 4.78 is 56.0. The topological polar surface area (TPSA) is 84.5 Å². The zero-order valence-electron chi connectivity index (χ0n) is 15.3. The first kappa shape index (κ1) is 20.0. The van der Waals surface area contributed by atoms with Crippen molar-refractivity contribution in [1.82, 2.24) is 14.9 Å². The number of aliphatic imine (C=N–C) groups is 1. The Balaban J connectivity index is 2.03. The zero-order chi connectivity index (χ0) is 21.6. The van der Waals surface area contributed by atoms with E-state index in [1.54, 1.807) is 0 Å². The molecular formula is C19H13F4N5OS. The molecule has 0 spiro atoms. The number of likely N-dealkylation sites (N-methyl/N-ethyl adjacent to an activating group) is 1. The molecule has 0 aliphatic carbocycles. The van der Waals surface area contributed by atoms with Crippen LogP contribution < -0.4 is 5.73 Å². The van der Waals surface area contributed by atoms with Gasteiger partial charge in [-0.05, 0) is 23.8 Å². The number of rotatable bonds is 4. The van der Waals surface area contributed by atoms with Crippen LogP contribution in [0, 0.1) is 11.6 Å². The van der Waals surface area contributed by atoms with Crippen LogP contribution >= 0.6 is 11.3 Å². The molecule has 0 saturated heterocycles. The molecule has 1 aliphatic rings. The quantitative estimate of drug-likeness (QED) is 0.637. The first-order chi connectivity index (χ1) is 14.3. The van der Waals surface area contributed by atoms with E-state index in [0.29, 0.717) is 10.9 Å².